The number of hydrogen-bond acceptors (Lipinski definition) is 9. The van der Waals surface area contributed by atoms with Crippen LogP contribution in [0.1, 0.15) is 15.4 Å². The van der Waals surface area contributed by atoms with Crippen molar-refractivity contribution in [1.29, 1.82) is 0 Å². The minimum atomic E-state index is -0.544. The van der Waals surface area contributed by atoms with E-state index in [1.165, 1.54) is 29.9 Å². The number of fused-ring (bicyclic) bond motifs is 1. The molecule has 0 unspecified atom stereocenters. The van der Waals surface area contributed by atoms with E-state index in [0.717, 1.165) is 22.9 Å². The molecule has 3 aromatic rings. The summed E-state index contributed by atoms with van der Waals surface area (Å²) < 4.78 is 10.4. The van der Waals surface area contributed by atoms with Gasteiger partial charge in [-0.25, -0.2) is 0 Å². The lowest BCUT2D eigenvalue weighted by atomic mass is 10.3. The van der Waals surface area contributed by atoms with Crippen LogP contribution in [0.5, 0.6) is 0 Å². The smallest absolute Gasteiger partial charge is 0.325 e. The molecule has 0 atom stereocenters. The molecular formula is C14H11N5O5S2. The molecule has 2 aromatic heterocycles. The van der Waals surface area contributed by atoms with Crippen molar-refractivity contribution in [2.24, 2.45) is 4.99 Å². The SMILES string of the molecule is COC(=O)Cn1c(=NC(=O)c2snnc2C)sc2cc([N+](=O)[O-])ccc21. The number of methoxy groups -OCH3 is 1. The zero-order chi connectivity index (χ0) is 18.8. The number of amides is 1. The van der Waals surface area contributed by atoms with Gasteiger partial charge >= 0.3 is 5.97 Å². The molecule has 0 bridgehead atoms. The van der Waals surface area contributed by atoms with Gasteiger partial charge in [0, 0.05) is 12.1 Å². The molecular weight excluding hydrogens is 382 g/mol. The molecule has 10 nitrogen and oxygen atoms in total. The Bertz CT molecular complexity index is 1100. The van der Waals surface area contributed by atoms with E-state index in [1.54, 1.807) is 6.92 Å². The first-order chi connectivity index (χ1) is 12.4. The fraction of sp³-hybridized carbons (Fsp3) is 0.214. The number of carbonyl (C=O) groups is 2. The summed E-state index contributed by atoms with van der Waals surface area (Å²) in [7, 11) is 1.25. The Balaban J connectivity index is 2.18. The van der Waals surface area contributed by atoms with Gasteiger partial charge in [0.05, 0.1) is 27.9 Å². The summed E-state index contributed by atoms with van der Waals surface area (Å²) in [6, 6.07) is 4.21. The maximum Gasteiger partial charge on any atom is 0.325 e. The van der Waals surface area contributed by atoms with Crippen molar-refractivity contribution in [3.8, 4) is 0 Å². The van der Waals surface area contributed by atoms with Crippen LogP contribution in [-0.2, 0) is 16.1 Å². The monoisotopic (exact) mass is 393 g/mol. The lowest BCUT2D eigenvalue weighted by Crippen LogP contribution is -2.22. The average Bonchev–Trinajstić information content (AvgIpc) is 3.18. The summed E-state index contributed by atoms with van der Waals surface area (Å²) in [6.07, 6.45) is 0. The molecule has 0 fully saturated rings. The third kappa shape index (κ3) is 3.36. The molecule has 12 heteroatoms. The standard InChI is InChI=1S/C14H11N5O5S2/c1-7-12(26-17-16-7)13(21)15-14-18(6-11(20)24-2)9-4-3-8(19(22)23)5-10(9)25-14/h3-5H,6H2,1-2H3. The quantitative estimate of drug-likeness (QED) is 0.374. The van der Waals surface area contributed by atoms with E-state index in [0.29, 0.717) is 15.9 Å². The zero-order valence-corrected chi connectivity index (χ0v) is 15.2. The molecule has 134 valence electrons. The number of esters is 1. The molecule has 0 saturated carbocycles. The lowest BCUT2D eigenvalue weighted by molar-refractivity contribution is -0.384. The van der Waals surface area contributed by atoms with Crippen molar-refractivity contribution >= 4 is 50.6 Å². The predicted molar refractivity (Wildman–Crippen MR) is 93.0 cm³/mol. The van der Waals surface area contributed by atoms with Crippen molar-refractivity contribution in [2.45, 2.75) is 13.5 Å². The Morgan fingerprint density at radius 1 is 1.42 bits per heavy atom. The fourth-order valence-electron chi connectivity index (χ4n) is 2.17. The van der Waals surface area contributed by atoms with Crippen LogP contribution in [0.15, 0.2) is 23.2 Å². The minimum Gasteiger partial charge on any atom is -0.468 e. The second kappa shape index (κ2) is 7.09. The normalized spacial score (nSPS) is 11.7. The number of nitrogens with zero attached hydrogens (tertiary/aromatic N) is 5. The topological polar surface area (TPSA) is 130 Å². The third-order valence-electron chi connectivity index (χ3n) is 3.44. The summed E-state index contributed by atoms with van der Waals surface area (Å²) in [5, 5.41) is 14.7. The summed E-state index contributed by atoms with van der Waals surface area (Å²) in [4.78, 5) is 39.1. The van der Waals surface area contributed by atoms with Crippen molar-refractivity contribution in [1.82, 2.24) is 14.2 Å². The first-order valence-electron chi connectivity index (χ1n) is 7.13. The molecule has 2 heterocycles. The van der Waals surface area contributed by atoms with Gasteiger partial charge in [0.2, 0.25) is 0 Å². The van der Waals surface area contributed by atoms with Crippen LogP contribution in [0.25, 0.3) is 10.2 Å². The number of nitro benzene ring substituents is 1. The van der Waals surface area contributed by atoms with E-state index < -0.39 is 16.8 Å². The van der Waals surface area contributed by atoms with Crippen LogP contribution in [0.3, 0.4) is 0 Å². The molecule has 1 aromatic carbocycles. The first kappa shape index (κ1) is 17.8. The van der Waals surface area contributed by atoms with Gasteiger partial charge in [-0.05, 0) is 24.5 Å². The maximum atomic E-state index is 12.4. The van der Waals surface area contributed by atoms with Gasteiger partial charge in [-0.1, -0.05) is 15.8 Å². The predicted octanol–water partition coefficient (Wildman–Crippen LogP) is 1.69. The van der Waals surface area contributed by atoms with Crippen LogP contribution < -0.4 is 4.80 Å². The van der Waals surface area contributed by atoms with Crippen molar-refractivity contribution < 1.29 is 19.2 Å². The molecule has 0 aliphatic rings. The number of nitro groups is 1. The second-order valence-corrected chi connectivity index (χ2v) is 6.82. The number of ether oxygens (including phenoxy) is 1. The molecule has 0 N–H and O–H groups in total. The largest absolute Gasteiger partial charge is 0.468 e. The Hall–Kier alpha value is -2.99. The highest BCUT2D eigenvalue weighted by Crippen LogP contribution is 2.23. The summed E-state index contributed by atoms with van der Waals surface area (Å²) in [5.41, 5.74) is 0.904. The van der Waals surface area contributed by atoms with Gasteiger partial charge in [0.15, 0.2) is 4.80 Å². The van der Waals surface area contributed by atoms with Gasteiger partial charge in [0.1, 0.15) is 11.4 Å². The molecule has 0 aliphatic carbocycles. The Morgan fingerprint density at radius 3 is 2.81 bits per heavy atom. The molecule has 3 rings (SSSR count). The first-order valence-corrected chi connectivity index (χ1v) is 8.72. The zero-order valence-electron chi connectivity index (χ0n) is 13.5. The highest BCUT2D eigenvalue weighted by atomic mass is 32.1. The number of hydrogen-bond donors (Lipinski definition) is 0. The highest BCUT2D eigenvalue weighted by molar-refractivity contribution is 7.16. The minimum absolute atomic E-state index is 0.0932. The van der Waals surface area contributed by atoms with E-state index in [2.05, 4.69) is 19.3 Å². The van der Waals surface area contributed by atoms with E-state index in [4.69, 9.17) is 0 Å². The van der Waals surface area contributed by atoms with E-state index in [9.17, 15) is 19.7 Å². The van der Waals surface area contributed by atoms with Gasteiger partial charge in [-0.3, -0.25) is 19.7 Å². The Kier molecular flexibility index (Phi) is 4.86. The third-order valence-corrected chi connectivity index (χ3v) is 5.29. The number of rotatable bonds is 4. The van der Waals surface area contributed by atoms with Gasteiger partial charge in [-0.15, -0.1) is 5.10 Å². The summed E-state index contributed by atoms with van der Waals surface area (Å²) in [5.74, 6) is -1.08. The number of aryl methyl sites for hydroxylation is 1. The van der Waals surface area contributed by atoms with Gasteiger partial charge < -0.3 is 9.30 Å². The van der Waals surface area contributed by atoms with Crippen molar-refractivity contribution in [3.05, 3.63) is 43.7 Å². The molecule has 0 radical (unpaired) electrons. The Labute approximate surface area is 153 Å². The number of aromatic nitrogens is 3. The highest BCUT2D eigenvalue weighted by Gasteiger charge is 2.17. The van der Waals surface area contributed by atoms with E-state index in [1.807, 2.05) is 0 Å². The van der Waals surface area contributed by atoms with Crippen LogP contribution in [0, 0.1) is 17.0 Å². The number of non-ortho nitro benzene ring substituents is 1. The average molecular weight is 393 g/mol. The molecule has 0 spiro atoms. The van der Waals surface area contributed by atoms with Crippen molar-refractivity contribution in [2.75, 3.05) is 7.11 Å². The van der Waals surface area contributed by atoms with Gasteiger partial charge in [-0.2, -0.15) is 4.99 Å². The number of benzene rings is 1. The molecule has 26 heavy (non-hydrogen) atoms. The lowest BCUT2D eigenvalue weighted by Gasteiger charge is -2.03. The molecule has 0 saturated heterocycles. The van der Waals surface area contributed by atoms with Crippen molar-refractivity contribution in [3.63, 3.8) is 0 Å². The van der Waals surface area contributed by atoms with Crippen LogP contribution in [0.4, 0.5) is 5.69 Å². The maximum absolute atomic E-state index is 12.4. The molecule has 1 amide bonds. The number of thiazole rings is 1. The fourth-order valence-corrected chi connectivity index (χ4v) is 3.78. The van der Waals surface area contributed by atoms with Crippen LogP contribution >= 0.6 is 22.9 Å². The number of carbonyl (C=O) groups excluding carboxylic acids is 2. The second-order valence-electron chi connectivity index (χ2n) is 5.06. The van der Waals surface area contributed by atoms with Gasteiger partial charge in [0.25, 0.3) is 11.6 Å². The van der Waals surface area contributed by atoms with E-state index in [-0.39, 0.29) is 21.9 Å². The van der Waals surface area contributed by atoms with Crippen LogP contribution in [0.2, 0.25) is 0 Å². The molecule has 0 aliphatic heterocycles. The summed E-state index contributed by atoms with van der Waals surface area (Å²) >= 11 is 1.99. The van der Waals surface area contributed by atoms with Crippen LogP contribution in [-0.4, -0.2) is 38.1 Å². The summed E-state index contributed by atoms with van der Waals surface area (Å²) in [6.45, 7) is 1.46. The van der Waals surface area contributed by atoms with E-state index >= 15 is 0 Å². The Morgan fingerprint density at radius 2 is 2.19 bits per heavy atom.